The Balaban J connectivity index is 2.69. The van der Waals surface area contributed by atoms with Gasteiger partial charge in [0.2, 0.25) is 5.91 Å². The average Bonchev–Trinajstić information content (AvgIpc) is 2.50. The number of carbonyl (C=O) groups excluding carboxylic acids is 1. The van der Waals surface area contributed by atoms with Crippen molar-refractivity contribution in [1.82, 2.24) is 9.78 Å². The summed E-state index contributed by atoms with van der Waals surface area (Å²) in [5.41, 5.74) is 9.79. The maximum absolute atomic E-state index is 11.0. The number of primary amides is 1. The predicted octanol–water partition coefficient (Wildman–Crippen LogP) is -0.127. The molecule has 0 saturated heterocycles. The number of carbonyl (C=O) groups is 1. The van der Waals surface area contributed by atoms with Gasteiger partial charge in [-0.3, -0.25) is 9.48 Å². The molecule has 1 aromatic rings. The lowest BCUT2D eigenvalue weighted by Crippen LogP contribution is -2.52. The number of amides is 1. The van der Waals surface area contributed by atoms with Gasteiger partial charge in [-0.25, -0.2) is 0 Å². The van der Waals surface area contributed by atoms with E-state index < -0.39 is 11.4 Å². The molecular formula is C10H18N4O2. The third kappa shape index (κ3) is 3.23. The van der Waals surface area contributed by atoms with Crippen molar-refractivity contribution in [3.63, 3.8) is 0 Å². The van der Waals surface area contributed by atoms with Crippen LogP contribution in [0.5, 0.6) is 5.75 Å². The van der Waals surface area contributed by atoms with Gasteiger partial charge in [0, 0.05) is 0 Å². The molecule has 0 aliphatic rings. The van der Waals surface area contributed by atoms with Crippen LogP contribution in [0.2, 0.25) is 0 Å². The van der Waals surface area contributed by atoms with Crippen molar-refractivity contribution in [1.29, 1.82) is 0 Å². The van der Waals surface area contributed by atoms with E-state index in [9.17, 15) is 4.79 Å². The van der Waals surface area contributed by atoms with Gasteiger partial charge in [0.15, 0.2) is 5.75 Å². The number of nitrogens with two attached hydrogens (primary N) is 2. The van der Waals surface area contributed by atoms with Crippen LogP contribution in [0.15, 0.2) is 12.4 Å². The molecule has 90 valence electrons. The van der Waals surface area contributed by atoms with Crippen molar-refractivity contribution in [2.75, 3.05) is 0 Å². The summed E-state index contributed by atoms with van der Waals surface area (Å²) in [7, 11) is 0. The topological polar surface area (TPSA) is 96.2 Å². The standard InChI is InChI=1S/C10H18N4O2/c1-7(2)16-8-4-13-14(5-8)6-10(3,12)9(11)15/h4-5,7H,6,12H2,1-3H3,(H2,11,15). The second kappa shape index (κ2) is 4.52. The quantitative estimate of drug-likeness (QED) is 0.731. The molecule has 0 radical (unpaired) electrons. The van der Waals surface area contributed by atoms with Crippen LogP contribution in [0.3, 0.4) is 0 Å². The molecule has 0 spiro atoms. The molecule has 0 aliphatic heterocycles. The van der Waals surface area contributed by atoms with E-state index in [1.54, 1.807) is 24.0 Å². The molecule has 6 nitrogen and oxygen atoms in total. The molecule has 0 fully saturated rings. The zero-order valence-corrected chi connectivity index (χ0v) is 9.80. The zero-order valence-electron chi connectivity index (χ0n) is 9.80. The van der Waals surface area contributed by atoms with Crippen molar-refractivity contribution < 1.29 is 9.53 Å². The summed E-state index contributed by atoms with van der Waals surface area (Å²) < 4.78 is 6.97. The second-order valence-electron chi connectivity index (χ2n) is 4.32. The smallest absolute Gasteiger partial charge is 0.239 e. The number of aromatic nitrogens is 2. The summed E-state index contributed by atoms with van der Waals surface area (Å²) in [6.07, 6.45) is 3.35. The van der Waals surface area contributed by atoms with Crippen molar-refractivity contribution in [2.45, 2.75) is 39.0 Å². The molecule has 1 aromatic heterocycles. The zero-order chi connectivity index (χ0) is 12.3. The third-order valence-electron chi connectivity index (χ3n) is 2.03. The third-order valence-corrected chi connectivity index (χ3v) is 2.03. The lowest BCUT2D eigenvalue weighted by molar-refractivity contribution is -0.123. The molecule has 0 saturated carbocycles. The molecule has 1 heterocycles. The largest absolute Gasteiger partial charge is 0.488 e. The van der Waals surface area contributed by atoms with E-state index in [-0.39, 0.29) is 12.6 Å². The van der Waals surface area contributed by atoms with Gasteiger partial charge in [0.25, 0.3) is 0 Å². The van der Waals surface area contributed by atoms with E-state index in [1.165, 1.54) is 0 Å². The van der Waals surface area contributed by atoms with E-state index in [0.29, 0.717) is 5.75 Å². The molecule has 0 aliphatic carbocycles. The lowest BCUT2D eigenvalue weighted by Gasteiger charge is -2.19. The monoisotopic (exact) mass is 226 g/mol. The van der Waals surface area contributed by atoms with E-state index in [0.717, 1.165) is 0 Å². The van der Waals surface area contributed by atoms with Crippen LogP contribution in [0.4, 0.5) is 0 Å². The first-order chi connectivity index (χ1) is 7.31. The Morgan fingerprint density at radius 3 is 2.81 bits per heavy atom. The highest BCUT2D eigenvalue weighted by Gasteiger charge is 2.26. The first-order valence-corrected chi connectivity index (χ1v) is 5.09. The minimum Gasteiger partial charge on any atom is -0.488 e. The van der Waals surface area contributed by atoms with Crippen LogP contribution in [0, 0.1) is 0 Å². The fraction of sp³-hybridized carbons (Fsp3) is 0.600. The van der Waals surface area contributed by atoms with E-state index in [2.05, 4.69) is 5.10 Å². The van der Waals surface area contributed by atoms with Gasteiger partial charge in [0.05, 0.1) is 25.0 Å². The first-order valence-electron chi connectivity index (χ1n) is 5.09. The Kier molecular flexibility index (Phi) is 3.54. The summed E-state index contributed by atoms with van der Waals surface area (Å²) in [5.74, 6) is 0.0876. The van der Waals surface area contributed by atoms with E-state index >= 15 is 0 Å². The Morgan fingerprint density at radius 1 is 1.69 bits per heavy atom. The molecule has 1 atom stereocenters. The highest BCUT2D eigenvalue weighted by atomic mass is 16.5. The summed E-state index contributed by atoms with van der Waals surface area (Å²) in [5, 5.41) is 4.04. The Hall–Kier alpha value is -1.56. The fourth-order valence-corrected chi connectivity index (χ4v) is 1.18. The van der Waals surface area contributed by atoms with Gasteiger partial charge in [-0.15, -0.1) is 0 Å². The highest BCUT2D eigenvalue weighted by Crippen LogP contribution is 2.12. The van der Waals surface area contributed by atoms with Crippen molar-refractivity contribution in [3.8, 4) is 5.75 Å². The molecule has 6 heteroatoms. The summed E-state index contributed by atoms with van der Waals surface area (Å²) in [4.78, 5) is 11.0. The van der Waals surface area contributed by atoms with Crippen LogP contribution in [0.25, 0.3) is 0 Å². The number of hydrogen-bond donors (Lipinski definition) is 2. The second-order valence-corrected chi connectivity index (χ2v) is 4.32. The van der Waals surface area contributed by atoms with E-state index in [1.807, 2.05) is 13.8 Å². The summed E-state index contributed by atoms with van der Waals surface area (Å²) in [6.45, 7) is 5.64. The SMILES string of the molecule is CC(C)Oc1cnn(CC(C)(N)C(N)=O)c1. The molecule has 1 unspecified atom stereocenters. The molecule has 0 bridgehead atoms. The van der Waals surface area contributed by atoms with Gasteiger partial charge in [-0.2, -0.15) is 5.10 Å². The first kappa shape index (κ1) is 12.5. The molecule has 16 heavy (non-hydrogen) atoms. The Morgan fingerprint density at radius 2 is 2.31 bits per heavy atom. The molecule has 1 amide bonds. The molecule has 0 aromatic carbocycles. The maximum Gasteiger partial charge on any atom is 0.239 e. The number of ether oxygens (including phenoxy) is 1. The van der Waals surface area contributed by atoms with Crippen LogP contribution in [-0.4, -0.2) is 27.3 Å². The number of nitrogens with zero attached hydrogens (tertiary/aromatic N) is 2. The molecule has 4 N–H and O–H groups in total. The van der Waals surface area contributed by atoms with Gasteiger partial charge in [-0.1, -0.05) is 0 Å². The summed E-state index contributed by atoms with van der Waals surface area (Å²) >= 11 is 0. The average molecular weight is 226 g/mol. The molecular weight excluding hydrogens is 208 g/mol. The Labute approximate surface area is 94.5 Å². The van der Waals surface area contributed by atoms with Crippen molar-refractivity contribution in [3.05, 3.63) is 12.4 Å². The van der Waals surface area contributed by atoms with Gasteiger partial charge >= 0.3 is 0 Å². The van der Waals surface area contributed by atoms with E-state index in [4.69, 9.17) is 16.2 Å². The summed E-state index contributed by atoms with van der Waals surface area (Å²) in [6, 6.07) is 0. The van der Waals surface area contributed by atoms with Crippen LogP contribution >= 0.6 is 0 Å². The molecule has 1 rings (SSSR count). The van der Waals surface area contributed by atoms with Crippen LogP contribution in [0.1, 0.15) is 20.8 Å². The van der Waals surface area contributed by atoms with Gasteiger partial charge < -0.3 is 16.2 Å². The van der Waals surface area contributed by atoms with Gasteiger partial charge in [-0.05, 0) is 20.8 Å². The van der Waals surface area contributed by atoms with Gasteiger partial charge in [0.1, 0.15) is 5.54 Å². The lowest BCUT2D eigenvalue weighted by atomic mass is 10.0. The normalized spacial score (nSPS) is 14.8. The Bertz CT molecular complexity index is 371. The van der Waals surface area contributed by atoms with Crippen molar-refractivity contribution >= 4 is 5.91 Å². The van der Waals surface area contributed by atoms with Crippen LogP contribution in [-0.2, 0) is 11.3 Å². The van der Waals surface area contributed by atoms with Crippen molar-refractivity contribution in [2.24, 2.45) is 11.5 Å². The fourth-order valence-electron chi connectivity index (χ4n) is 1.18. The minimum atomic E-state index is -1.11. The van der Waals surface area contributed by atoms with Crippen LogP contribution < -0.4 is 16.2 Å². The predicted molar refractivity (Wildman–Crippen MR) is 59.8 cm³/mol. The highest BCUT2D eigenvalue weighted by molar-refractivity contribution is 5.83. The number of hydrogen-bond acceptors (Lipinski definition) is 4. The number of rotatable bonds is 5. The minimum absolute atomic E-state index is 0.0815. The maximum atomic E-state index is 11.0.